The Hall–Kier alpha value is -3.45. The standard InChI is InChI=1S/C31H39N5O2/c1-24(2)30(38)33-28(26-7-4-3-5-8-26)13-18-34-19-14-31(15-20-34)21-29(37)35(23-31)22-25-9-11-27(12-10-25)36-17-6-16-32-36/h3-12,16-17,24,28H,13-15,18-23H2,1-2H3,(H,33,38)/t28-/m0/s1. The summed E-state index contributed by atoms with van der Waals surface area (Å²) in [6, 6.07) is 20.5. The molecule has 0 radical (unpaired) electrons. The topological polar surface area (TPSA) is 70.5 Å². The van der Waals surface area contributed by atoms with E-state index in [0.717, 1.165) is 62.3 Å². The molecule has 0 unspecified atom stereocenters. The van der Waals surface area contributed by atoms with Crippen LogP contribution in [0.25, 0.3) is 5.69 Å². The molecule has 2 aliphatic rings. The van der Waals surface area contributed by atoms with E-state index >= 15 is 0 Å². The average molecular weight is 514 g/mol. The maximum absolute atomic E-state index is 13.0. The second-order valence-electron chi connectivity index (χ2n) is 11.3. The van der Waals surface area contributed by atoms with Gasteiger partial charge in [0.2, 0.25) is 11.8 Å². The molecule has 1 N–H and O–H groups in total. The Labute approximate surface area is 225 Å². The van der Waals surface area contributed by atoms with Gasteiger partial charge < -0.3 is 15.1 Å². The van der Waals surface area contributed by atoms with Gasteiger partial charge in [-0.2, -0.15) is 5.10 Å². The van der Waals surface area contributed by atoms with Crippen LogP contribution in [0.4, 0.5) is 0 Å². The van der Waals surface area contributed by atoms with Crippen LogP contribution in [0.15, 0.2) is 73.1 Å². The molecule has 5 rings (SSSR count). The Morgan fingerprint density at radius 3 is 2.42 bits per heavy atom. The highest BCUT2D eigenvalue weighted by Crippen LogP contribution is 2.41. The quantitative estimate of drug-likeness (QED) is 0.454. The Morgan fingerprint density at radius 1 is 1.03 bits per heavy atom. The molecular formula is C31H39N5O2. The Kier molecular flexibility index (Phi) is 7.93. The minimum atomic E-state index is -0.0340. The van der Waals surface area contributed by atoms with Crippen molar-refractivity contribution in [3.05, 3.63) is 84.2 Å². The van der Waals surface area contributed by atoms with E-state index in [9.17, 15) is 9.59 Å². The van der Waals surface area contributed by atoms with Crippen LogP contribution in [0.2, 0.25) is 0 Å². The highest BCUT2D eigenvalue weighted by atomic mass is 16.2. The number of benzene rings is 2. The van der Waals surface area contributed by atoms with Crippen molar-refractivity contribution in [2.45, 2.75) is 52.1 Å². The number of carbonyl (C=O) groups is 2. The van der Waals surface area contributed by atoms with E-state index in [1.54, 1.807) is 6.20 Å². The molecule has 1 aromatic heterocycles. The van der Waals surface area contributed by atoms with Crippen molar-refractivity contribution in [2.24, 2.45) is 11.3 Å². The number of hydrogen-bond acceptors (Lipinski definition) is 4. The van der Waals surface area contributed by atoms with Crippen molar-refractivity contribution >= 4 is 11.8 Å². The van der Waals surface area contributed by atoms with Gasteiger partial charge in [-0.15, -0.1) is 0 Å². The van der Waals surface area contributed by atoms with Crippen LogP contribution in [0.3, 0.4) is 0 Å². The molecule has 2 fully saturated rings. The summed E-state index contributed by atoms with van der Waals surface area (Å²) in [4.78, 5) is 30.0. The summed E-state index contributed by atoms with van der Waals surface area (Å²) < 4.78 is 1.84. The van der Waals surface area contributed by atoms with E-state index in [1.165, 1.54) is 0 Å². The fraction of sp³-hybridized carbons (Fsp3) is 0.452. The summed E-state index contributed by atoms with van der Waals surface area (Å²) in [5.41, 5.74) is 3.42. The number of rotatable bonds is 9. The zero-order chi connectivity index (χ0) is 26.5. The monoisotopic (exact) mass is 513 g/mol. The van der Waals surface area contributed by atoms with Gasteiger partial charge in [-0.3, -0.25) is 9.59 Å². The molecule has 2 saturated heterocycles. The molecule has 0 saturated carbocycles. The van der Waals surface area contributed by atoms with E-state index in [-0.39, 0.29) is 29.2 Å². The van der Waals surface area contributed by atoms with Gasteiger partial charge in [-0.1, -0.05) is 56.3 Å². The largest absolute Gasteiger partial charge is 0.349 e. The smallest absolute Gasteiger partial charge is 0.223 e. The summed E-state index contributed by atoms with van der Waals surface area (Å²) in [6.45, 7) is 8.32. The van der Waals surface area contributed by atoms with E-state index in [1.807, 2.05) is 53.9 Å². The summed E-state index contributed by atoms with van der Waals surface area (Å²) in [7, 11) is 0. The first-order chi connectivity index (χ1) is 18.4. The number of nitrogens with zero attached hydrogens (tertiary/aromatic N) is 4. The zero-order valence-electron chi connectivity index (χ0n) is 22.6. The molecule has 3 aromatic rings. The molecule has 1 spiro atoms. The number of piperidine rings is 1. The molecule has 0 bridgehead atoms. The first-order valence-corrected chi connectivity index (χ1v) is 13.9. The van der Waals surface area contributed by atoms with Gasteiger partial charge in [0.1, 0.15) is 0 Å². The first-order valence-electron chi connectivity index (χ1n) is 13.9. The number of likely N-dealkylation sites (tertiary alicyclic amines) is 2. The van der Waals surface area contributed by atoms with Gasteiger partial charge >= 0.3 is 0 Å². The van der Waals surface area contributed by atoms with E-state index in [4.69, 9.17) is 0 Å². The van der Waals surface area contributed by atoms with E-state index in [2.05, 4.69) is 51.7 Å². The predicted octanol–water partition coefficient (Wildman–Crippen LogP) is 4.59. The molecule has 1 atom stereocenters. The van der Waals surface area contributed by atoms with Crippen molar-refractivity contribution in [1.29, 1.82) is 0 Å². The summed E-state index contributed by atoms with van der Waals surface area (Å²) in [6.07, 6.45) is 7.33. The molecule has 3 heterocycles. The maximum Gasteiger partial charge on any atom is 0.223 e. The lowest BCUT2D eigenvalue weighted by atomic mass is 9.77. The highest BCUT2D eigenvalue weighted by molar-refractivity contribution is 5.79. The SMILES string of the molecule is CC(C)C(=O)N[C@@H](CCN1CCC2(CC1)CC(=O)N(Cc1ccc(-n3cccn3)cc1)C2)c1ccccc1. The summed E-state index contributed by atoms with van der Waals surface area (Å²) >= 11 is 0. The molecular weight excluding hydrogens is 474 g/mol. The van der Waals surface area contributed by atoms with Gasteiger partial charge in [0.05, 0.1) is 11.7 Å². The van der Waals surface area contributed by atoms with Crippen molar-refractivity contribution in [2.75, 3.05) is 26.2 Å². The van der Waals surface area contributed by atoms with Crippen LogP contribution in [0.1, 0.15) is 56.7 Å². The number of aromatic nitrogens is 2. The molecule has 200 valence electrons. The highest BCUT2D eigenvalue weighted by Gasteiger charge is 2.44. The van der Waals surface area contributed by atoms with Crippen molar-refractivity contribution in [3.63, 3.8) is 0 Å². The van der Waals surface area contributed by atoms with Crippen molar-refractivity contribution < 1.29 is 9.59 Å². The van der Waals surface area contributed by atoms with Crippen molar-refractivity contribution in [1.82, 2.24) is 24.9 Å². The molecule has 7 nitrogen and oxygen atoms in total. The van der Waals surface area contributed by atoms with Crippen LogP contribution in [0, 0.1) is 11.3 Å². The van der Waals surface area contributed by atoms with Crippen LogP contribution in [-0.2, 0) is 16.1 Å². The lowest BCUT2D eigenvalue weighted by Gasteiger charge is -2.39. The van der Waals surface area contributed by atoms with Gasteiger partial charge in [-0.25, -0.2) is 4.68 Å². The first kappa shape index (κ1) is 26.2. The maximum atomic E-state index is 13.0. The predicted molar refractivity (Wildman–Crippen MR) is 148 cm³/mol. The third kappa shape index (κ3) is 6.16. The lowest BCUT2D eigenvalue weighted by molar-refractivity contribution is -0.128. The number of nitrogens with one attached hydrogen (secondary N) is 1. The van der Waals surface area contributed by atoms with Crippen LogP contribution in [0.5, 0.6) is 0 Å². The Balaban J connectivity index is 1.13. The van der Waals surface area contributed by atoms with Crippen LogP contribution < -0.4 is 5.32 Å². The minimum Gasteiger partial charge on any atom is -0.349 e. The number of amides is 2. The number of carbonyl (C=O) groups excluding carboxylic acids is 2. The Bertz CT molecular complexity index is 1200. The molecule has 2 aliphatic heterocycles. The van der Waals surface area contributed by atoms with Crippen LogP contribution in [-0.4, -0.2) is 57.6 Å². The Morgan fingerprint density at radius 2 is 1.76 bits per heavy atom. The fourth-order valence-corrected chi connectivity index (χ4v) is 5.77. The normalized spacial score (nSPS) is 18.3. The molecule has 2 amide bonds. The van der Waals surface area contributed by atoms with E-state index in [0.29, 0.717) is 13.0 Å². The lowest BCUT2D eigenvalue weighted by Crippen LogP contribution is -2.43. The second kappa shape index (κ2) is 11.5. The van der Waals surface area contributed by atoms with Crippen molar-refractivity contribution in [3.8, 4) is 5.69 Å². The third-order valence-electron chi connectivity index (χ3n) is 8.18. The van der Waals surface area contributed by atoms with Gasteiger partial charge in [0, 0.05) is 44.4 Å². The molecule has 38 heavy (non-hydrogen) atoms. The van der Waals surface area contributed by atoms with Gasteiger partial charge in [-0.05, 0) is 67.1 Å². The molecule has 2 aromatic carbocycles. The minimum absolute atomic E-state index is 0.0187. The molecule has 0 aliphatic carbocycles. The summed E-state index contributed by atoms with van der Waals surface area (Å²) in [5, 5.41) is 7.53. The average Bonchev–Trinajstić information content (AvgIpc) is 3.57. The second-order valence-corrected chi connectivity index (χ2v) is 11.3. The summed E-state index contributed by atoms with van der Waals surface area (Å²) in [5.74, 6) is 0.334. The van der Waals surface area contributed by atoms with Gasteiger partial charge in [0.25, 0.3) is 0 Å². The third-order valence-corrected chi connectivity index (χ3v) is 8.18. The fourth-order valence-electron chi connectivity index (χ4n) is 5.77. The number of hydrogen-bond donors (Lipinski definition) is 1. The van der Waals surface area contributed by atoms with Gasteiger partial charge in [0.15, 0.2) is 0 Å². The molecule has 7 heteroatoms. The van der Waals surface area contributed by atoms with E-state index < -0.39 is 0 Å². The van der Waals surface area contributed by atoms with Crippen LogP contribution >= 0.6 is 0 Å². The zero-order valence-corrected chi connectivity index (χ0v) is 22.6.